The van der Waals surface area contributed by atoms with Crippen LogP contribution in [0.2, 0.25) is 0 Å². The van der Waals surface area contributed by atoms with Gasteiger partial charge >= 0.3 is 0 Å². The summed E-state index contributed by atoms with van der Waals surface area (Å²) >= 11 is 5.36. The minimum Gasteiger partial charge on any atom is -0.376 e. The molecule has 0 aromatic carbocycles. The number of hydrogen-bond acceptors (Lipinski definition) is 2. The largest absolute Gasteiger partial charge is 0.376 e. The molecule has 1 atom stereocenters. The highest BCUT2D eigenvalue weighted by molar-refractivity contribution is 6.20. The molecule has 0 fully saturated rings. The molecule has 34 valence electrons. The Morgan fingerprint density at radius 1 is 2.00 bits per heavy atom. The smallest absolute Gasteiger partial charge is 0.205 e. The zero-order chi connectivity index (χ0) is 4.41. The fourth-order valence-electron chi connectivity index (χ4n) is 0.278. The molecule has 0 aliphatic carbocycles. The van der Waals surface area contributed by atoms with Crippen molar-refractivity contribution >= 4 is 17.8 Å². The van der Waals surface area contributed by atoms with Gasteiger partial charge in [-0.15, -0.1) is 0 Å². The molecule has 3 heteroatoms. The molecule has 1 heterocycles. The van der Waals surface area contributed by atoms with Crippen molar-refractivity contribution < 1.29 is 4.84 Å². The standard InChI is InChI=1S/C3H4ClNO/c4-3-1-2-5-6-3/h2-3H,1H2. The Labute approximate surface area is 40.7 Å². The van der Waals surface area contributed by atoms with Gasteiger partial charge in [-0.05, 0) is 0 Å². The minimum atomic E-state index is -0.204. The molecule has 1 unspecified atom stereocenters. The van der Waals surface area contributed by atoms with E-state index in [1.54, 1.807) is 6.21 Å². The zero-order valence-electron chi connectivity index (χ0n) is 3.10. The molecule has 2 nitrogen and oxygen atoms in total. The summed E-state index contributed by atoms with van der Waals surface area (Å²) in [5.41, 5.74) is -0.204. The third-order valence-electron chi connectivity index (χ3n) is 0.540. The molecule has 0 bridgehead atoms. The van der Waals surface area contributed by atoms with Crippen LogP contribution in [0.25, 0.3) is 0 Å². The maximum Gasteiger partial charge on any atom is 0.205 e. The van der Waals surface area contributed by atoms with Crippen molar-refractivity contribution in [1.82, 2.24) is 0 Å². The van der Waals surface area contributed by atoms with Gasteiger partial charge in [0.1, 0.15) is 0 Å². The van der Waals surface area contributed by atoms with Crippen LogP contribution < -0.4 is 0 Å². The second-order valence-electron chi connectivity index (χ2n) is 1.04. The monoisotopic (exact) mass is 105 g/mol. The first-order valence-corrected chi connectivity index (χ1v) is 2.15. The van der Waals surface area contributed by atoms with E-state index in [0.29, 0.717) is 0 Å². The maximum atomic E-state index is 5.36. The van der Waals surface area contributed by atoms with Gasteiger partial charge in [-0.2, -0.15) is 0 Å². The molecule has 0 saturated carbocycles. The van der Waals surface area contributed by atoms with Crippen LogP contribution in [0.5, 0.6) is 0 Å². The van der Waals surface area contributed by atoms with Crippen LogP contribution in [0.4, 0.5) is 0 Å². The van der Waals surface area contributed by atoms with Crippen LogP contribution in [0.1, 0.15) is 6.42 Å². The maximum absolute atomic E-state index is 5.36. The molecule has 0 spiro atoms. The SMILES string of the molecule is ClC1CC=NO1. The van der Waals surface area contributed by atoms with E-state index in [1.165, 1.54) is 0 Å². The second kappa shape index (κ2) is 1.47. The summed E-state index contributed by atoms with van der Waals surface area (Å²) in [4.78, 5) is 4.49. The van der Waals surface area contributed by atoms with Crippen molar-refractivity contribution in [3.8, 4) is 0 Å². The Morgan fingerprint density at radius 3 is 3.00 bits per heavy atom. The van der Waals surface area contributed by atoms with Crippen molar-refractivity contribution in [3.05, 3.63) is 0 Å². The summed E-state index contributed by atoms with van der Waals surface area (Å²) in [6.45, 7) is 0. The van der Waals surface area contributed by atoms with Crippen LogP contribution in [0.15, 0.2) is 5.16 Å². The lowest BCUT2D eigenvalue weighted by atomic mass is 10.5. The molecular weight excluding hydrogens is 101 g/mol. The summed E-state index contributed by atoms with van der Waals surface area (Å²) in [6.07, 6.45) is 2.39. The first-order chi connectivity index (χ1) is 2.89. The molecule has 6 heavy (non-hydrogen) atoms. The summed E-state index contributed by atoms with van der Waals surface area (Å²) in [6, 6.07) is 0. The van der Waals surface area contributed by atoms with Gasteiger partial charge in [0.15, 0.2) is 0 Å². The number of hydrogen-bond donors (Lipinski definition) is 0. The Morgan fingerprint density at radius 2 is 2.83 bits per heavy atom. The summed E-state index contributed by atoms with van der Waals surface area (Å²) in [5, 5.41) is 3.41. The molecule has 1 rings (SSSR count). The highest BCUT2D eigenvalue weighted by Gasteiger charge is 2.05. The molecule has 1 aliphatic heterocycles. The summed E-state index contributed by atoms with van der Waals surface area (Å²) in [7, 11) is 0. The second-order valence-corrected chi connectivity index (χ2v) is 1.53. The van der Waals surface area contributed by atoms with Gasteiger partial charge in [-0.1, -0.05) is 16.8 Å². The molecule has 0 saturated heterocycles. The van der Waals surface area contributed by atoms with Gasteiger partial charge in [0.25, 0.3) is 0 Å². The summed E-state index contributed by atoms with van der Waals surface area (Å²) < 4.78 is 0. The molecule has 0 aromatic rings. The van der Waals surface area contributed by atoms with Crippen molar-refractivity contribution in [2.75, 3.05) is 0 Å². The van der Waals surface area contributed by atoms with Crippen LogP contribution >= 0.6 is 11.6 Å². The highest BCUT2D eigenvalue weighted by Crippen LogP contribution is 2.06. The lowest BCUT2D eigenvalue weighted by Gasteiger charge is -1.90. The molecule has 0 amide bonds. The average Bonchev–Trinajstić information content (AvgIpc) is 1.86. The molecule has 0 aromatic heterocycles. The Hall–Kier alpha value is -0.240. The molecule has 0 N–H and O–H groups in total. The van der Waals surface area contributed by atoms with E-state index in [1.807, 2.05) is 0 Å². The fourth-order valence-corrected chi connectivity index (χ4v) is 0.404. The fraction of sp³-hybridized carbons (Fsp3) is 0.667. The molecular formula is C3H4ClNO. The van der Waals surface area contributed by atoms with E-state index in [4.69, 9.17) is 11.6 Å². The van der Waals surface area contributed by atoms with Crippen LogP contribution in [-0.2, 0) is 4.84 Å². The van der Waals surface area contributed by atoms with E-state index in [0.717, 1.165) is 6.42 Å². The first kappa shape index (κ1) is 3.93. The highest BCUT2D eigenvalue weighted by atomic mass is 35.5. The third-order valence-corrected chi connectivity index (χ3v) is 0.798. The van der Waals surface area contributed by atoms with E-state index in [9.17, 15) is 0 Å². The van der Waals surface area contributed by atoms with Crippen molar-refractivity contribution in [3.63, 3.8) is 0 Å². The Bertz CT molecular complexity index is 65.2. The van der Waals surface area contributed by atoms with Gasteiger partial charge in [0, 0.05) is 12.6 Å². The normalized spacial score (nSPS) is 30.5. The predicted octanol–water partition coefficient (Wildman–Crippen LogP) is 0.957. The van der Waals surface area contributed by atoms with Crippen molar-refractivity contribution in [2.45, 2.75) is 12.0 Å². The van der Waals surface area contributed by atoms with Crippen LogP contribution in [-0.4, -0.2) is 11.8 Å². The topological polar surface area (TPSA) is 21.6 Å². The average molecular weight is 106 g/mol. The number of alkyl halides is 1. The number of rotatable bonds is 0. The van der Waals surface area contributed by atoms with Gasteiger partial charge in [0.2, 0.25) is 5.56 Å². The van der Waals surface area contributed by atoms with Crippen LogP contribution in [0, 0.1) is 0 Å². The lowest BCUT2D eigenvalue weighted by Crippen LogP contribution is -1.89. The predicted molar refractivity (Wildman–Crippen MR) is 23.8 cm³/mol. The first-order valence-electron chi connectivity index (χ1n) is 1.71. The van der Waals surface area contributed by atoms with Crippen LogP contribution in [0.3, 0.4) is 0 Å². The van der Waals surface area contributed by atoms with Gasteiger partial charge in [-0.3, -0.25) is 0 Å². The molecule has 0 radical (unpaired) electrons. The van der Waals surface area contributed by atoms with Gasteiger partial charge in [0.05, 0.1) is 0 Å². The Balaban J connectivity index is 2.32. The van der Waals surface area contributed by atoms with Gasteiger partial charge < -0.3 is 4.84 Å². The van der Waals surface area contributed by atoms with Gasteiger partial charge in [-0.25, -0.2) is 0 Å². The zero-order valence-corrected chi connectivity index (χ0v) is 3.85. The quantitative estimate of drug-likeness (QED) is 0.421. The number of oxime groups is 1. The van der Waals surface area contributed by atoms with E-state index < -0.39 is 0 Å². The minimum absolute atomic E-state index is 0.204. The van der Waals surface area contributed by atoms with E-state index >= 15 is 0 Å². The number of nitrogens with zero attached hydrogens (tertiary/aromatic N) is 1. The molecule has 1 aliphatic rings. The van der Waals surface area contributed by atoms with Crippen molar-refractivity contribution in [1.29, 1.82) is 0 Å². The van der Waals surface area contributed by atoms with E-state index in [2.05, 4.69) is 9.99 Å². The Kier molecular flexibility index (Phi) is 0.965. The van der Waals surface area contributed by atoms with Crippen molar-refractivity contribution in [2.24, 2.45) is 5.16 Å². The lowest BCUT2D eigenvalue weighted by molar-refractivity contribution is 0.143. The third kappa shape index (κ3) is 0.627. The van der Waals surface area contributed by atoms with E-state index in [-0.39, 0.29) is 5.56 Å². The summed E-state index contributed by atoms with van der Waals surface area (Å²) in [5.74, 6) is 0. The number of halogens is 1.